The first-order valence-corrected chi connectivity index (χ1v) is 12.3. The third kappa shape index (κ3) is 5.56. The smallest absolute Gasteiger partial charge is 0.365 e. The van der Waals surface area contributed by atoms with Crippen LogP contribution in [0.5, 0.6) is 0 Å². The second kappa shape index (κ2) is 9.09. The van der Waals surface area contributed by atoms with E-state index in [4.69, 9.17) is 0 Å². The fourth-order valence-corrected chi connectivity index (χ4v) is 4.41. The first kappa shape index (κ1) is 23.7. The van der Waals surface area contributed by atoms with E-state index in [-0.39, 0.29) is 29.3 Å². The summed E-state index contributed by atoms with van der Waals surface area (Å²) < 4.78 is 64.1. The maximum absolute atomic E-state index is 13.5. The molecule has 0 spiro atoms. The SMILES string of the molecule is CS(=O)(=O)c1cccc(CNc2nc(NC3C=C4CCC(=O)NC4=CC3)ncc2C(F)(F)F)c1. The number of nitrogens with zero attached hydrogens (tertiary/aromatic N) is 2. The molecule has 1 aromatic heterocycles. The topological polar surface area (TPSA) is 113 Å². The largest absolute Gasteiger partial charge is 0.421 e. The van der Waals surface area contributed by atoms with Crippen LogP contribution in [0.15, 0.2) is 58.8 Å². The monoisotopic (exact) mass is 493 g/mol. The molecule has 0 bridgehead atoms. The van der Waals surface area contributed by atoms with Crippen molar-refractivity contribution in [2.45, 2.75) is 42.9 Å². The number of sulfone groups is 1. The van der Waals surface area contributed by atoms with Gasteiger partial charge in [-0.25, -0.2) is 13.4 Å². The second-order valence-electron chi connectivity index (χ2n) is 8.07. The van der Waals surface area contributed by atoms with Gasteiger partial charge in [0.15, 0.2) is 9.84 Å². The van der Waals surface area contributed by atoms with Gasteiger partial charge in [-0.3, -0.25) is 4.79 Å². The zero-order chi connectivity index (χ0) is 24.5. The third-order valence-electron chi connectivity index (χ3n) is 5.41. The highest BCUT2D eigenvalue weighted by Gasteiger charge is 2.35. The second-order valence-corrected chi connectivity index (χ2v) is 10.1. The molecule has 0 saturated carbocycles. The molecule has 2 heterocycles. The average molecular weight is 494 g/mol. The van der Waals surface area contributed by atoms with E-state index in [1.54, 1.807) is 6.07 Å². The lowest BCUT2D eigenvalue weighted by molar-refractivity contribution is -0.137. The molecule has 1 saturated heterocycles. The summed E-state index contributed by atoms with van der Waals surface area (Å²) in [4.78, 5) is 19.5. The van der Waals surface area contributed by atoms with E-state index >= 15 is 0 Å². The number of hydrogen-bond donors (Lipinski definition) is 3. The molecule has 0 radical (unpaired) electrons. The Hall–Kier alpha value is -3.41. The van der Waals surface area contributed by atoms with Crippen LogP contribution in [0.1, 0.15) is 30.4 Å². The summed E-state index contributed by atoms with van der Waals surface area (Å²) in [6.45, 7) is -0.0673. The Morgan fingerprint density at radius 2 is 2.03 bits per heavy atom. The van der Waals surface area contributed by atoms with Crippen LogP contribution in [0.3, 0.4) is 0 Å². The zero-order valence-electron chi connectivity index (χ0n) is 18.1. The Morgan fingerprint density at radius 3 is 2.76 bits per heavy atom. The van der Waals surface area contributed by atoms with Crippen LogP contribution < -0.4 is 16.0 Å². The normalized spacial score (nSPS) is 18.4. The third-order valence-corrected chi connectivity index (χ3v) is 6.53. The number of fused-ring (bicyclic) bond motifs is 1. The number of amides is 1. The van der Waals surface area contributed by atoms with E-state index in [9.17, 15) is 26.4 Å². The predicted molar refractivity (Wildman–Crippen MR) is 119 cm³/mol. The number of nitrogens with one attached hydrogen (secondary N) is 3. The lowest BCUT2D eigenvalue weighted by Crippen LogP contribution is -2.32. The lowest BCUT2D eigenvalue weighted by Gasteiger charge is -2.26. The number of hydrogen-bond acceptors (Lipinski definition) is 7. The van der Waals surface area contributed by atoms with E-state index < -0.39 is 27.4 Å². The molecule has 2 aromatic rings. The number of alkyl halides is 3. The number of allylic oxidation sites excluding steroid dienone is 1. The molecule has 1 aliphatic heterocycles. The Labute approximate surface area is 194 Å². The maximum atomic E-state index is 13.5. The van der Waals surface area contributed by atoms with Gasteiger partial charge in [-0.2, -0.15) is 18.2 Å². The fourth-order valence-electron chi connectivity index (χ4n) is 3.72. The highest BCUT2D eigenvalue weighted by Crippen LogP contribution is 2.34. The summed E-state index contributed by atoms with van der Waals surface area (Å²) in [5, 5.41) is 8.49. The van der Waals surface area contributed by atoms with Gasteiger partial charge in [-0.05, 0) is 36.1 Å². The molecule has 180 valence electrons. The highest BCUT2D eigenvalue weighted by molar-refractivity contribution is 7.90. The number of benzene rings is 1. The van der Waals surface area contributed by atoms with Crippen LogP contribution in [-0.2, 0) is 27.4 Å². The van der Waals surface area contributed by atoms with E-state index in [1.807, 2.05) is 12.2 Å². The number of carbonyl (C=O) groups is 1. The van der Waals surface area contributed by atoms with Gasteiger partial charge in [0, 0.05) is 31.1 Å². The van der Waals surface area contributed by atoms with Crippen LogP contribution in [0.4, 0.5) is 24.9 Å². The molecule has 1 unspecified atom stereocenters. The van der Waals surface area contributed by atoms with Gasteiger partial charge in [0.25, 0.3) is 0 Å². The van der Waals surface area contributed by atoms with E-state index in [1.165, 1.54) is 18.2 Å². The number of anilines is 2. The molecule has 34 heavy (non-hydrogen) atoms. The molecule has 8 nitrogen and oxygen atoms in total. The van der Waals surface area contributed by atoms with Gasteiger partial charge < -0.3 is 16.0 Å². The summed E-state index contributed by atoms with van der Waals surface area (Å²) in [5.74, 6) is -0.447. The van der Waals surface area contributed by atoms with Crippen LogP contribution >= 0.6 is 0 Å². The molecule has 1 amide bonds. The highest BCUT2D eigenvalue weighted by atomic mass is 32.2. The minimum atomic E-state index is -4.68. The maximum Gasteiger partial charge on any atom is 0.421 e. The summed E-state index contributed by atoms with van der Waals surface area (Å²) in [5.41, 5.74) is 1.18. The van der Waals surface area contributed by atoms with E-state index in [0.717, 1.165) is 17.5 Å². The standard InChI is InChI=1S/C22H22F3N5O3S/c1-34(32,33)16-4-2-3-13(9-16)11-26-20-17(22(23,24)25)12-27-21(30-20)28-15-6-7-18-14(10-15)5-8-19(31)29-18/h2-4,7,9-10,12,15H,5-6,8,11H2,1H3,(H,29,31)(H2,26,27,28,30). The van der Waals surface area contributed by atoms with Gasteiger partial charge in [0.1, 0.15) is 11.4 Å². The van der Waals surface area contributed by atoms with Gasteiger partial charge in [0.2, 0.25) is 11.9 Å². The van der Waals surface area contributed by atoms with Crippen molar-refractivity contribution in [2.24, 2.45) is 0 Å². The predicted octanol–water partition coefficient (Wildman–Crippen LogP) is 3.42. The minimum absolute atomic E-state index is 0.0129. The van der Waals surface area contributed by atoms with Gasteiger partial charge in [-0.1, -0.05) is 24.3 Å². The Kier molecular flexibility index (Phi) is 6.34. The minimum Gasteiger partial charge on any atom is -0.365 e. The number of rotatable bonds is 6. The van der Waals surface area contributed by atoms with Crippen LogP contribution in [0.2, 0.25) is 0 Å². The van der Waals surface area contributed by atoms with E-state index in [2.05, 4.69) is 25.9 Å². The van der Waals surface area contributed by atoms with Crippen molar-refractivity contribution in [3.8, 4) is 0 Å². The van der Waals surface area contributed by atoms with Gasteiger partial charge >= 0.3 is 6.18 Å². The van der Waals surface area contributed by atoms with Crippen LogP contribution in [0, 0.1) is 0 Å². The molecule has 1 atom stereocenters. The average Bonchev–Trinajstić information content (AvgIpc) is 2.77. The molecule has 4 rings (SSSR count). The summed E-state index contributed by atoms with van der Waals surface area (Å²) in [6.07, 6.45) is 2.34. The van der Waals surface area contributed by atoms with Crippen molar-refractivity contribution in [3.63, 3.8) is 0 Å². The van der Waals surface area contributed by atoms with Crippen molar-refractivity contribution in [1.29, 1.82) is 0 Å². The van der Waals surface area contributed by atoms with Crippen LogP contribution in [0.25, 0.3) is 0 Å². The molecule has 2 aliphatic rings. The fraction of sp³-hybridized carbons (Fsp3) is 0.318. The quantitative estimate of drug-likeness (QED) is 0.565. The molecule has 1 aliphatic carbocycles. The Bertz CT molecular complexity index is 1290. The van der Waals surface area contributed by atoms with Crippen molar-refractivity contribution in [1.82, 2.24) is 15.3 Å². The zero-order valence-corrected chi connectivity index (χ0v) is 18.9. The molecule has 1 aromatic carbocycles. The van der Waals surface area contributed by atoms with Crippen molar-refractivity contribution >= 4 is 27.5 Å². The van der Waals surface area contributed by atoms with Crippen molar-refractivity contribution in [3.05, 3.63) is 65.0 Å². The van der Waals surface area contributed by atoms with Gasteiger partial charge in [-0.15, -0.1) is 0 Å². The molecular weight excluding hydrogens is 471 g/mol. The first-order valence-electron chi connectivity index (χ1n) is 10.4. The van der Waals surface area contributed by atoms with Crippen molar-refractivity contribution < 1.29 is 26.4 Å². The number of halogens is 3. The summed E-state index contributed by atoms with van der Waals surface area (Å²) in [6, 6.07) is 5.71. The summed E-state index contributed by atoms with van der Waals surface area (Å²) in [7, 11) is -3.45. The Morgan fingerprint density at radius 1 is 1.24 bits per heavy atom. The Balaban J connectivity index is 1.53. The van der Waals surface area contributed by atoms with Gasteiger partial charge in [0.05, 0.1) is 10.9 Å². The number of carbonyl (C=O) groups excluding carboxylic acids is 1. The molecular formula is C22H22F3N5O3S. The molecule has 1 fully saturated rings. The lowest BCUT2D eigenvalue weighted by atomic mass is 9.93. The van der Waals surface area contributed by atoms with Crippen molar-refractivity contribution in [2.75, 3.05) is 16.9 Å². The molecule has 3 N–H and O–H groups in total. The number of piperidine rings is 1. The van der Waals surface area contributed by atoms with Crippen LogP contribution in [-0.4, -0.2) is 36.6 Å². The first-order chi connectivity index (χ1) is 16.0. The number of aromatic nitrogens is 2. The summed E-state index contributed by atoms with van der Waals surface area (Å²) >= 11 is 0. The van der Waals surface area contributed by atoms with E-state index in [0.29, 0.717) is 31.0 Å². The molecule has 12 heteroatoms.